The predicted molar refractivity (Wildman–Crippen MR) is 59.7 cm³/mol. The number of aliphatic hydroxyl groups excluding tert-OH is 1. The lowest BCUT2D eigenvalue weighted by Gasteiger charge is -2.24. The minimum Gasteiger partial charge on any atom is -0.394 e. The number of likely N-dealkylation sites (tertiary alicyclic amines) is 1. The summed E-state index contributed by atoms with van der Waals surface area (Å²) in [5.41, 5.74) is -0.591. The molecule has 16 heavy (non-hydrogen) atoms. The predicted octanol–water partition coefficient (Wildman–Crippen LogP) is -0.114. The highest BCUT2D eigenvalue weighted by molar-refractivity contribution is 5.80. The summed E-state index contributed by atoms with van der Waals surface area (Å²) in [7, 11) is 0. The Kier molecular flexibility index (Phi) is 4.29. The Morgan fingerprint density at radius 3 is 2.75 bits per heavy atom. The Morgan fingerprint density at radius 1 is 1.56 bits per heavy atom. The van der Waals surface area contributed by atoms with Gasteiger partial charge in [-0.15, -0.1) is 0 Å². The van der Waals surface area contributed by atoms with Gasteiger partial charge < -0.3 is 15.3 Å². The smallest absolute Gasteiger partial charge is 0.222 e. The van der Waals surface area contributed by atoms with E-state index in [-0.39, 0.29) is 18.4 Å². The molecule has 2 N–H and O–H groups in total. The van der Waals surface area contributed by atoms with E-state index in [1.807, 2.05) is 0 Å². The summed E-state index contributed by atoms with van der Waals surface area (Å²) in [6, 6.07) is 0. The molecule has 0 radical (unpaired) electrons. The normalized spacial score (nSPS) is 16.7. The van der Waals surface area contributed by atoms with Gasteiger partial charge in [0, 0.05) is 25.9 Å². The zero-order chi connectivity index (χ0) is 12.2. The lowest BCUT2D eigenvalue weighted by Crippen LogP contribution is -2.47. The van der Waals surface area contributed by atoms with E-state index in [9.17, 15) is 9.59 Å². The average Bonchev–Trinajstić information content (AvgIpc) is 2.60. The molecule has 1 aliphatic rings. The van der Waals surface area contributed by atoms with Crippen LogP contribution in [-0.4, -0.2) is 47.1 Å². The zero-order valence-electron chi connectivity index (χ0n) is 9.95. The van der Waals surface area contributed by atoms with Gasteiger partial charge in [-0.05, 0) is 20.3 Å². The summed E-state index contributed by atoms with van der Waals surface area (Å²) < 4.78 is 0. The van der Waals surface area contributed by atoms with Gasteiger partial charge in [0.2, 0.25) is 11.8 Å². The first kappa shape index (κ1) is 13.0. The van der Waals surface area contributed by atoms with Crippen LogP contribution in [-0.2, 0) is 9.59 Å². The first-order valence-electron chi connectivity index (χ1n) is 5.64. The highest BCUT2D eigenvalue weighted by Gasteiger charge is 2.22. The van der Waals surface area contributed by atoms with Gasteiger partial charge in [-0.2, -0.15) is 0 Å². The highest BCUT2D eigenvalue weighted by atomic mass is 16.3. The van der Waals surface area contributed by atoms with E-state index >= 15 is 0 Å². The number of nitrogens with one attached hydrogen (secondary N) is 1. The Bertz CT molecular complexity index is 276. The van der Waals surface area contributed by atoms with Crippen molar-refractivity contribution in [1.82, 2.24) is 10.2 Å². The van der Waals surface area contributed by atoms with Crippen molar-refractivity contribution >= 4 is 11.8 Å². The third kappa shape index (κ3) is 3.81. The van der Waals surface area contributed by atoms with Gasteiger partial charge in [-0.3, -0.25) is 9.59 Å². The molecule has 0 aromatic carbocycles. The van der Waals surface area contributed by atoms with Crippen LogP contribution in [0.15, 0.2) is 0 Å². The monoisotopic (exact) mass is 228 g/mol. The van der Waals surface area contributed by atoms with E-state index in [1.165, 1.54) is 0 Å². The summed E-state index contributed by atoms with van der Waals surface area (Å²) in [6.45, 7) is 4.65. The van der Waals surface area contributed by atoms with Crippen LogP contribution in [0.1, 0.15) is 33.1 Å². The molecule has 0 bridgehead atoms. The van der Waals surface area contributed by atoms with Gasteiger partial charge in [0.1, 0.15) is 0 Å². The molecule has 1 saturated heterocycles. The summed E-state index contributed by atoms with van der Waals surface area (Å²) in [4.78, 5) is 24.5. The maximum atomic E-state index is 11.5. The standard InChI is InChI=1S/C11H20N2O3/c1-11(2,8-14)12-9(15)5-7-13-6-3-4-10(13)16/h14H,3-8H2,1-2H3,(H,12,15). The molecule has 1 rings (SSSR count). The minimum absolute atomic E-state index is 0.0958. The second-order valence-electron chi connectivity index (χ2n) is 4.82. The van der Waals surface area contributed by atoms with Crippen molar-refractivity contribution in [3.8, 4) is 0 Å². The molecule has 0 aromatic heterocycles. The van der Waals surface area contributed by atoms with Crippen molar-refractivity contribution in [1.29, 1.82) is 0 Å². The second-order valence-corrected chi connectivity index (χ2v) is 4.82. The van der Waals surface area contributed by atoms with Crippen LogP contribution in [0.25, 0.3) is 0 Å². The zero-order valence-corrected chi connectivity index (χ0v) is 9.95. The number of rotatable bonds is 5. The average molecular weight is 228 g/mol. The lowest BCUT2D eigenvalue weighted by molar-refractivity contribution is -0.128. The van der Waals surface area contributed by atoms with Crippen LogP contribution >= 0.6 is 0 Å². The van der Waals surface area contributed by atoms with Crippen molar-refractivity contribution in [3.05, 3.63) is 0 Å². The summed E-state index contributed by atoms with van der Waals surface area (Å²) >= 11 is 0. The Labute approximate surface area is 95.8 Å². The van der Waals surface area contributed by atoms with Crippen LogP contribution in [0, 0.1) is 0 Å². The third-order valence-corrected chi connectivity index (χ3v) is 2.65. The second kappa shape index (κ2) is 5.30. The fourth-order valence-corrected chi connectivity index (χ4v) is 1.66. The molecular weight excluding hydrogens is 208 g/mol. The number of amides is 2. The van der Waals surface area contributed by atoms with Gasteiger partial charge in [-0.25, -0.2) is 0 Å². The molecule has 5 heteroatoms. The maximum absolute atomic E-state index is 11.5. The van der Waals surface area contributed by atoms with Gasteiger partial charge in [0.05, 0.1) is 12.1 Å². The van der Waals surface area contributed by atoms with Gasteiger partial charge in [0.25, 0.3) is 0 Å². The first-order chi connectivity index (χ1) is 7.44. The molecule has 0 spiro atoms. The maximum Gasteiger partial charge on any atom is 0.222 e. The molecule has 1 aliphatic heterocycles. The largest absolute Gasteiger partial charge is 0.394 e. The number of hydrogen-bond donors (Lipinski definition) is 2. The Hall–Kier alpha value is -1.10. The Morgan fingerprint density at radius 2 is 2.25 bits per heavy atom. The van der Waals surface area contributed by atoms with Crippen LogP contribution < -0.4 is 5.32 Å². The van der Waals surface area contributed by atoms with E-state index in [2.05, 4.69) is 5.32 Å². The molecular formula is C11H20N2O3. The molecule has 92 valence electrons. The summed E-state index contributed by atoms with van der Waals surface area (Å²) in [6.07, 6.45) is 1.79. The SMILES string of the molecule is CC(C)(CO)NC(=O)CCN1CCCC1=O. The summed E-state index contributed by atoms with van der Waals surface area (Å²) in [5.74, 6) is 0.00738. The van der Waals surface area contributed by atoms with Crippen molar-refractivity contribution in [2.75, 3.05) is 19.7 Å². The molecule has 0 saturated carbocycles. The minimum atomic E-state index is -0.591. The van der Waals surface area contributed by atoms with E-state index in [4.69, 9.17) is 5.11 Å². The third-order valence-electron chi connectivity index (χ3n) is 2.65. The van der Waals surface area contributed by atoms with Crippen molar-refractivity contribution in [3.63, 3.8) is 0 Å². The topological polar surface area (TPSA) is 69.6 Å². The van der Waals surface area contributed by atoms with E-state index in [0.29, 0.717) is 19.4 Å². The van der Waals surface area contributed by atoms with E-state index in [0.717, 1.165) is 13.0 Å². The number of carbonyl (C=O) groups is 2. The molecule has 0 aliphatic carbocycles. The van der Waals surface area contributed by atoms with Crippen molar-refractivity contribution in [2.24, 2.45) is 0 Å². The van der Waals surface area contributed by atoms with Crippen molar-refractivity contribution in [2.45, 2.75) is 38.6 Å². The van der Waals surface area contributed by atoms with Gasteiger partial charge in [-0.1, -0.05) is 0 Å². The van der Waals surface area contributed by atoms with Crippen LogP contribution in [0.2, 0.25) is 0 Å². The fraction of sp³-hybridized carbons (Fsp3) is 0.818. The van der Waals surface area contributed by atoms with Gasteiger partial charge >= 0.3 is 0 Å². The Balaban J connectivity index is 2.27. The first-order valence-corrected chi connectivity index (χ1v) is 5.64. The van der Waals surface area contributed by atoms with Crippen LogP contribution in [0.4, 0.5) is 0 Å². The molecule has 5 nitrogen and oxygen atoms in total. The van der Waals surface area contributed by atoms with Crippen LogP contribution in [0.3, 0.4) is 0 Å². The molecule has 0 aromatic rings. The van der Waals surface area contributed by atoms with Crippen LogP contribution in [0.5, 0.6) is 0 Å². The van der Waals surface area contributed by atoms with E-state index in [1.54, 1.807) is 18.7 Å². The number of hydrogen-bond acceptors (Lipinski definition) is 3. The van der Waals surface area contributed by atoms with Crippen molar-refractivity contribution < 1.29 is 14.7 Å². The molecule has 0 unspecified atom stereocenters. The molecule has 0 atom stereocenters. The number of carbonyl (C=O) groups excluding carboxylic acids is 2. The highest BCUT2D eigenvalue weighted by Crippen LogP contribution is 2.10. The van der Waals surface area contributed by atoms with E-state index < -0.39 is 5.54 Å². The molecule has 1 heterocycles. The number of aliphatic hydroxyl groups is 1. The fourth-order valence-electron chi connectivity index (χ4n) is 1.66. The summed E-state index contributed by atoms with van der Waals surface area (Å²) in [5, 5.41) is 11.7. The lowest BCUT2D eigenvalue weighted by atomic mass is 10.1. The number of nitrogens with zero attached hydrogens (tertiary/aromatic N) is 1. The molecule has 1 fully saturated rings. The van der Waals surface area contributed by atoms with Gasteiger partial charge in [0.15, 0.2) is 0 Å². The molecule has 2 amide bonds. The quantitative estimate of drug-likeness (QED) is 0.689.